The average Bonchev–Trinajstić information content (AvgIpc) is 3.10. The SMILES string of the molecule is COC(=O)c1ccc(C(=O)N(CCN(C)C)c2nc3ccc(F)cc3s2)cc1. The monoisotopic (exact) mass is 401 g/mol. The molecule has 28 heavy (non-hydrogen) atoms. The first-order valence-electron chi connectivity index (χ1n) is 8.60. The van der Waals surface area contributed by atoms with E-state index in [0.717, 1.165) is 0 Å². The van der Waals surface area contributed by atoms with Crippen molar-refractivity contribution in [2.24, 2.45) is 0 Å². The van der Waals surface area contributed by atoms with Crippen molar-refractivity contribution in [1.82, 2.24) is 9.88 Å². The molecule has 0 radical (unpaired) electrons. The van der Waals surface area contributed by atoms with Gasteiger partial charge in [0.25, 0.3) is 5.91 Å². The number of esters is 1. The molecule has 0 saturated carbocycles. The lowest BCUT2D eigenvalue weighted by atomic mass is 10.1. The molecule has 1 amide bonds. The van der Waals surface area contributed by atoms with E-state index in [-0.39, 0.29) is 11.7 Å². The van der Waals surface area contributed by atoms with E-state index < -0.39 is 5.97 Å². The lowest BCUT2D eigenvalue weighted by molar-refractivity contribution is 0.0600. The number of anilines is 1. The molecule has 1 aromatic heterocycles. The van der Waals surface area contributed by atoms with Gasteiger partial charge in [-0.1, -0.05) is 11.3 Å². The van der Waals surface area contributed by atoms with Crippen LogP contribution in [0, 0.1) is 5.82 Å². The molecule has 8 heteroatoms. The van der Waals surface area contributed by atoms with Gasteiger partial charge in [-0.3, -0.25) is 9.69 Å². The highest BCUT2D eigenvalue weighted by molar-refractivity contribution is 7.22. The summed E-state index contributed by atoms with van der Waals surface area (Å²) in [6, 6.07) is 10.6. The van der Waals surface area contributed by atoms with Crippen LogP contribution in [-0.2, 0) is 4.74 Å². The number of thiazole rings is 1. The quantitative estimate of drug-likeness (QED) is 0.592. The molecule has 3 rings (SSSR count). The molecule has 0 aliphatic carbocycles. The van der Waals surface area contributed by atoms with E-state index >= 15 is 0 Å². The van der Waals surface area contributed by atoms with Crippen LogP contribution in [0.4, 0.5) is 9.52 Å². The number of likely N-dealkylation sites (N-methyl/N-ethyl adjacent to an activating group) is 1. The summed E-state index contributed by atoms with van der Waals surface area (Å²) in [5, 5.41) is 0.504. The zero-order valence-corrected chi connectivity index (χ0v) is 16.6. The Balaban J connectivity index is 1.93. The van der Waals surface area contributed by atoms with Gasteiger partial charge in [-0.2, -0.15) is 0 Å². The topological polar surface area (TPSA) is 62.7 Å². The maximum absolute atomic E-state index is 13.5. The summed E-state index contributed by atoms with van der Waals surface area (Å²) in [5.41, 5.74) is 1.44. The van der Waals surface area contributed by atoms with Crippen LogP contribution in [0.2, 0.25) is 0 Å². The normalized spacial score (nSPS) is 11.0. The van der Waals surface area contributed by atoms with Crippen LogP contribution in [0.1, 0.15) is 20.7 Å². The Morgan fingerprint density at radius 2 is 1.75 bits per heavy atom. The van der Waals surface area contributed by atoms with E-state index in [1.807, 2.05) is 19.0 Å². The van der Waals surface area contributed by atoms with Crippen LogP contribution in [0.25, 0.3) is 10.2 Å². The summed E-state index contributed by atoms with van der Waals surface area (Å²) >= 11 is 1.27. The minimum absolute atomic E-state index is 0.238. The molecule has 0 aliphatic rings. The Bertz CT molecular complexity index is 1000. The average molecular weight is 401 g/mol. The summed E-state index contributed by atoms with van der Waals surface area (Å²) in [4.78, 5) is 32.8. The molecule has 1 heterocycles. The van der Waals surface area contributed by atoms with Gasteiger partial charge in [0.1, 0.15) is 5.82 Å². The molecule has 3 aromatic rings. The molecule has 0 spiro atoms. The fourth-order valence-electron chi connectivity index (χ4n) is 2.61. The third kappa shape index (κ3) is 4.35. The summed E-state index contributed by atoms with van der Waals surface area (Å²) in [5.74, 6) is -1.04. The number of ether oxygens (including phenoxy) is 1. The van der Waals surface area contributed by atoms with Gasteiger partial charge in [-0.15, -0.1) is 0 Å². The predicted molar refractivity (Wildman–Crippen MR) is 108 cm³/mol. The zero-order chi connectivity index (χ0) is 20.3. The molecule has 0 fully saturated rings. The number of nitrogens with zero attached hydrogens (tertiary/aromatic N) is 3. The largest absolute Gasteiger partial charge is 0.465 e. The number of benzene rings is 2. The third-order valence-corrected chi connectivity index (χ3v) is 5.18. The van der Waals surface area contributed by atoms with Crippen molar-refractivity contribution in [1.29, 1.82) is 0 Å². The molecule has 0 saturated heterocycles. The molecule has 0 N–H and O–H groups in total. The Kier molecular flexibility index (Phi) is 6.01. The number of methoxy groups -OCH3 is 1. The van der Waals surface area contributed by atoms with Gasteiger partial charge in [-0.05, 0) is 56.6 Å². The number of halogens is 1. The summed E-state index contributed by atoms with van der Waals surface area (Å²) in [6.45, 7) is 1.06. The molecule has 0 unspecified atom stereocenters. The Labute approximate surface area is 166 Å². The van der Waals surface area contributed by atoms with Crippen molar-refractivity contribution in [3.8, 4) is 0 Å². The molecule has 6 nitrogen and oxygen atoms in total. The maximum atomic E-state index is 13.5. The summed E-state index contributed by atoms with van der Waals surface area (Å²) in [6.07, 6.45) is 0. The van der Waals surface area contributed by atoms with Gasteiger partial charge < -0.3 is 9.64 Å². The second kappa shape index (κ2) is 8.45. The second-order valence-electron chi connectivity index (χ2n) is 6.44. The van der Waals surface area contributed by atoms with Crippen LogP contribution < -0.4 is 4.90 Å². The van der Waals surface area contributed by atoms with Crippen LogP contribution in [0.3, 0.4) is 0 Å². The van der Waals surface area contributed by atoms with Crippen molar-refractivity contribution < 1.29 is 18.7 Å². The highest BCUT2D eigenvalue weighted by Crippen LogP contribution is 2.30. The summed E-state index contributed by atoms with van der Waals surface area (Å²) < 4.78 is 18.9. The summed E-state index contributed by atoms with van der Waals surface area (Å²) in [7, 11) is 5.14. The molecule has 0 atom stereocenters. The first kappa shape index (κ1) is 19.9. The number of carbonyl (C=O) groups is 2. The van der Waals surface area contributed by atoms with E-state index in [9.17, 15) is 14.0 Å². The maximum Gasteiger partial charge on any atom is 0.337 e. The van der Waals surface area contributed by atoms with Crippen LogP contribution in [0.15, 0.2) is 42.5 Å². The Morgan fingerprint density at radius 1 is 1.07 bits per heavy atom. The van der Waals surface area contributed by atoms with Gasteiger partial charge in [0.2, 0.25) is 0 Å². The number of hydrogen-bond acceptors (Lipinski definition) is 6. The number of rotatable bonds is 6. The first-order chi connectivity index (χ1) is 13.4. The number of aromatic nitrogens is 1. The van der Waals surface area contributed by atoms with Crippen molar-refractivity contribution >= 4 is 38.6 Å². The molecule has 146 valence electrons. The molecule has 0 bridgehead atoms. The van der Waals surface area contributed by atoms with Crippen molar-refractivity contribution in [3.63, 3.8) is 0 Å². The van der Waals surface area contributed by atoms with Gasteiger partial charge in [0.15, 0.2) is 5.13 Å². The van der Waals surface area contributed by atoms with Gasteiger partial charge >= 0.3 is 5.97 Å². The lowest BCUT2D eigenvalue weighted by Gasteiger charge is -2.22. The second-order valence-corrected chi connectivity index (χ2v) is 7.45. The molecule has 0 aliphatic heterocycles. The predicted octanol–water partition coefficient (Wildman–Crippen LogP) is 3.43. The lowest BCUT2D eigenvalue weighted by Crippen LogP contribution is -2.36. The van der Waals surface area contributed by atoms with E-state index in [4.69, 9.17) is 0 Å². The van der Waals surface area contributed by atoms with Crippen LogP contribution in [-0.4, -0.2) is 56.1 Å². The van der Waals surface area contributed by atoms with Crippen LogP contribution in [0.5, 0.6) is 0 Å². The van der Waals surface area contributed by atoms with E-state index in [0.29, 0.717) is 39.6 Å². The number of carbonyl (C=O) groups excluding carboxylic acids is 2. The van der Waals surface area contributed by atoms with Crippen molar-refractivity contribution in [3.05, 3.63) is 59.4 Å². The van der Waals surface area contributed by atoms with E-state index in [1.54, 1.807) is 35.2 Å². The van der Waals surface area contributed by atoms with Crippen molar-refractivity contribution in [2.75, 3.05) is 39.2 Å². The first-order valence-corrected chi connectivity index (χ1v) is 9.42. The molecular weight excluding hydrogens is 381 g/mol. The standard InChI is InChI=1S/C20H20FN3O3S/c1-23(2)10-11-24(20-22-16-9-8-15(21)12-17(16)28-20)18(25)13-4-6-14(7-5-13)19(26)27-3/h4-9,12H,10-11H2,1-3H3. The smallest absolute Gasteiger partial charge is 0.337 e. The number of amides is 1. The van der Waals surface area contributed by atoms with Gasteiger partial charge in [0.05, 0.1) is 22.9 Å². The fraction of sp³-hybridized carbons (Fsp3) is 0.250. The van der Waals surface area contributed by atoms with Crippen LogP contribution >= 0.6 is 11.3 Å². The minimum atomic E-state index is -0.461. The highest BCUT2D eigenvalue weighted by atomic mass is 32.1. The van der Waals surface area contributed by atoms with Crippen molar-refractivity contribution in [2.45, 2.75) is 0 Å². The van der Waals surface area contributed by atoms with Gasteiger partial charge in [0, 0.05) is 18.7 Å². The molecular formula is C20H20FN3O3S. The molecule has 2 aromatic carbocycles. The Morgan fingerprint density at radius 3 is 2.39 bits per heavy atom. The zero-order valence-electron chi connectivity index (χ0n) is 15.8. The number of fused-ring (bicyclic) bond motifs is 1. The minimum Gasteiger partial charge on any atom is -0.465 e. The van der Waals surface area contributed by atoms with Gasteiger partial charge in [-0.25, -0.2) is 14.2 Å². The Hall–Kier alpha value is -2.84. The number of hydrogen-bond donors (Lipinski definition) is 0. The highest BCUT2D eigenvalue weighted by Gasteiger charge is 2.22. The van der Waals surface area contributed by atoms with E-state index in [2.05, 4.69) is 9.72 Å². The fourth-order valence-corrected chi connectivity index (χ4v) is 3.62. The van der Waals surface area contributed by atoms with E-state index in [1.165, 1.54) is 30.6 Å². The third-order valence-electron chi connectivity index (χ3n) is 4.14.